The van der Waals surface area contributed by atoms with Crippen molar-refractivity contribution < 1.29 is 14.7 Å². The first-order valence-corrected chi connectivity index (χ1v) is 6.75. The van der Waals surface area contributed by atoms with Crippen LogP contribution in [0.2, 0.25) is 0 Å². The van der Waals surface area contributed by atoms with Gasteiger partial charge < -0.3 is 5.11 Å². The summed E-state index contributed by atoms with van der Waals surface area (Å²) in [4.78, 5) is 23.5. The van der Waals surface area contributed by atoms with E-state index in [2.05, 4.69) is 0 Å². The Kier molecular flexibility index (Phi) is 5.74. The standard InChI is InChI=1S/C16H22O3/c1-11(2)14(17)9-8-12(3)10-16(19)13-6-4-5-7-15(13)18/h4-7,11-12,18H,8-10H2,1-3H3/t12-/m0/s1. The fourth-order valence-corrected chi connectivity index (χ4v) is 1.92. The summed E-state index contributed by atoms with van der Waals surface area (Å²) in [7, 11) is 0. The van der Waals surface area contributed by atoms with Crippen LogP contribution in [-0.4, -0.2) is 16.7 Å². The van der Waals surface area contributed by atoms with Crippen molar-refractivity contribution in [2.24, 2.45) is 11.8 Å². The fourth-order valence-electron chi connectivity index (χ4n) is 1.92. The highest BCUT2D eigenvalue weighted by atomic mass is 16.3. The van der Waals surface area contributed by atoms with Crippen molar-refractivity contribution in [1.82, 2.24) is 0 Å². The minimum Gasteiger partial charge on any atom is -0.507 e. The summed E-state index contributed by atoms with van der Waals surface area (Å²) in [5, 5.41) is 9.61. The molecule has 0 bridgehead atoms. The highest BCUT2D eigenvalue weighted by Crippen LogP contribution is 2.21. The number of phenols is 1. The Labute approximate surface area is 114 Å². The van der Waals surface area contributed by atoms with Gasteiger partial charge in [0.25, 0.3) is 0 Å². The smallest absolute Gasteiger partial charge is 0.166 e. The number of carbonyl (C=O) groups is 2. The van der Waals surface area contributed by atoms with Gasteiger partial charge in [0.2, 0.25) is 0 Å². The van der Waals surface area contributed by atoms with Gasteiger partial charge in [-0.05, 0) is 24.5 Å². The Morgan fingerprint density at radius 2 is 1.79 bits per heavy atom. The van der Waals surface area contributed by atoms with Crippen LogP contribution in [0, 0.1) is 11.8 Å². The summed E-state index contributed by atoms with van der Waals surface area (Å²) in [5.41, 5.74) is 0.365. The van der Waals surface area contributed by atoms with Crippen LogP contribution in [0.3, 0.4) is 0 Å². The SMILES string of the molecule is CC(C)C(=O)CC[C@H](C)CC(=O)c1ccccc1O. The highest BCUT2D eigenvalue weighted by molar-refractivity contribution is 5.98. The molecule has 1 rings (SSSR count). The number of hydrogen-bond acceptors (Lipinski definition) is 3. The van der Waals surface area contributed by atoms with Crippen LogP contribution < -0.4 is 0 Å². The molecule has 0 aliphatic rings. The van der Waals surface area contributed by atoms with Crippen LogP contribution in [0.25, 0.3) is 0 Å². The molecule has 0 fully saturated rings. The Morgan fingerprint density at radius 3 is 2.37 bits per heavy atom. The molecule has 19 heavy (non-hydrogen) atoms. The van der Waals surface area contributed by atoms with Gasteiger partial charge in [-0.2, -0.15) is 0 Å². The minimum atomic E-state index is -0.0670. The van der Waals surface area contributed by atoms with E-state index in [4.69, 9.17) is 0 Å². The molecule has 0 heterocycles. The highest BCUT2D eigenvalue weighted by Gasteiger charge is 2.16. The van der Waals surface area contributed by atoms with E-state index in [1.165, 1.54) is 6.07 Å². The average Bonchev–Trinajstić information content (AvgIpc) is 2.36. The minimum absolute atomic E-state index is 0.0259. The van der Waals surface area contributed by atoms with E-state index >= 15 is 0 Å². The first-order valence-electron chi connectivity index (χ1n) is 6.75. The van der Waals surface area contributed by atoms with E-state index in [1.807, 2.05) is 20.8 Å². The van der Waals surface area contributed by atoms with E-state index in [1.54, 1.807) is 18.2 Å². The molecule has 0 radical (unpaired) electrons. The number of phenolic OH excluding ortho intramolecular Hbond substituents is 1. The van der Waals surface area contributed by atoms with E-state index in [0.717, 1.165) is 6.42 Å². The van der Waals surface area contributed by atoms with Crippen molar-refractivity contribution >= 4 is 11.6 Å². The zero-order valence-electron chi connectivity index (χ0n) is 11.8. The largest absolute Gasteiger partial charge is 0.507 e. The van der Waals surface area contributed by atoms with Gasteiger partial charge in [0.05, 0.1) is 5.56 Å². The molecule has 3 nitrogen and oxygen atoms in total. The number of hydrogen-bond donors (Lipinski definition) is 1. The van der Waals surface area contributed by atoms with E-state index < -0.39 is 0 Å². The lowest BCUT2D eigenvalue weighted by Gasteiger charge is -2.11. The first kappa shape index (κ1) is 15.4. The van der Waals surface area contributed by atoms with Crippen molar-refractivity contribution in [3.63, 3.8) is 0 Å². The van der Waals surface area contributed by atoms with Gasteiger partial charge in [-0.25, -0.2) is 0 Å². The van der Waals surface area contributed by atoms with Crippen molar-refractivity contribution in [2.75, 3.05) is 0 Å². The van der Waals surface area contributed by atoms with Gasteiger partial charge in [-0.3, -0.25) is 9.59 Å². The molecule has 0 aliphatic carbocycles. The molecule has 0 spiro atoms. The quantitative estimate of drug-likeness (QED) is 0.764. The van der Waals surface area contributed by atoms with Crippen molar-refractivity contribution in [2.45, 2.75) is 40.0 Å². The van der Waals surface area contributed by atoms with E-state index in [-0.39, 0.29) is 29.2 Å². The molecule has 0 saturated carbocycles. The normalized spacial score (nSPS) is 12.4. The molecule has 1 atom stereocenters. The Hall–Kier alpha value is -1.64. The third kappa shape index (κ3) is 4.86. The maximum atomic E-state index is 12.0. The Bertz CT molecular complexity index is 449. The topological polar surface area (TPSA) is 54.4 Å². The molecular formula is C16H22O3. The number of para-hydroxylation sites is 1. The second-order valence-electron chi connectivity index (χ2n) is 5.41. The molecule has 0 aliphatic heterocycles. The predicted octanol–water partition coefficient (Wildman–Crippen LogP) is 3.61. The van der Waals surface area contributed by atoms with Crippen molar-refractivity contribution in [3.05, 3.63) is 29.8 Å². The van der Waals surface area contributed by atoms with Crippen LogP contribution in [0.5, 0.6) is 5.75 Å². The van der Waals surface area contributed by atoms with Gasteiger partial charge in [0.15, 0.2) is 5.78 Å². The Balaban J connectivity index is 2.49. The molecular weight excluding hydrogens is 240 g/mol. The second kappa shape index (κ2) is 7.07. The molecule has 1 aromatic rings. The number of carbonyl (C=O) groups excluding carboxylic acids is 2. The molecule has 0 unspecified atom stereocenters. The second-order valence-corrected chi connectivity index (χ2v) is 5.41. The lowest BCUT2D eigenvalue weighted by Crippen LogP contribution is -2.11. The van der Waals surface area contributed by atoms with Crippen LogP contribution in [-0.2, 0) is 4.79 Å². The summed E-state index contributed by atoms with van der Waals surface area (Å²) in [6.07, 6.45) is 1.60. The molecule has 1 N–H and O–H groups in total. The zero-order chi connectivity index (χ0) is 14.4. The molecule has 0 amide bonds. The predicted molar refractivity (Wildman–Crippen MR) is 75.3 cm³/mol. The van der Waals surface area contributed by atoms with Gasteiger partial charge in [0, 0.05) is 18.8 Å². The molecule has 0 saturated heterocycles. The molecule has 0 aromatic heterocycles. The van der Waals surface area contributed by atoms with Crippen molar-refractivity contribution in [1.29, 1.82) is 0 Å². The van der Waals surface area contributed by atoms with Gasteiger partial charge >= 0.3 is 0 Å². The number of ketones is 2. The number of benzene rings is 1. The lowest BCUT2D eigenvalue weighted by atomic mass is 9.93. The van der Waals surface area contributed by atoms with Crippen LogP contribution in [0.4, 0.5) is 0 Å². The van der Waals surface area contributed by atoms with Crippen molar-refractivity contribution in [3.8, 4) is 5.75 Å². The third-order valence-electron chi connectivity index (χ3n) is 3.27. The van der Waals surface area contributed by atoms with Gasteiger partial charge in [-0.1, -0.05) is 32.9 Å². The molecule has 1 aromatic carbocycles. The van der Waals surface area contributed by atoms with Gasteiger partial charge in [-0.15, -0.1) is 0 Å². The maximum absolute atomic E-state index is 12.0. The van der Waals surface area contributed by atoms with Crippen LogP contribution >= 0.6 is 0 Å². The van der Waals surface area contributed by atoms with E-state index in [0.29, 0.717) is 18.4 Å². The third-order valence-corrected chi connectivity index (χ3v) is 3.27. The van der Waals surface area contributed by atoms with Crippen LogP contribution in [0.1, 0.15) is 50.4 Å². The summed E-state index contributed by atoms with van der Waals surface area (Å²) >= 11 is 0. The maximum Gasteiger partial charge on any atom is 0.166 e. The molecule has 3 heteroatoms. The summed E-state index contributed by atoms with van der Waals surface area (Å²) in [5.74, 6) is 0.401. The summed E-state index contributed by atoms with van der Waals surface area (Å²) in [6, 6.07) is 6.57. The lowest BCUT2D eigenvalue weighted by molar-refractivity contribution is -0.122. The first-order chi connectivity index (χ1) is 8.91. The van der Waals surface area contributed by atoms with E-state index in [9.17, 15) is 14.7 Å². The number of Topliss-reactive ketones (excluding diaryl/α,β-unsaturated/α-hetero) is 2. The monoisotopic (exact) mass is 262 g/mol. The zero-order valence-corrected chi connectivity index (χ0v) is 11.8. The number of rotatable bonds is 7. The number of aromatic hydroxyl groups is 1. The van der Waals surface area contributed by atoms with Gasteiger partial charge in [0.1, 0.15) is 11.5 Å². The van der Waals surface area contributed by atoms with Crippen LogP contribution in [0.15, 0.2) is 24.3 Å². The summed E-state index contributed by atoms with van der Waals surface area (Å²) in [6.45, 7) is 5.74. The molecule has 104 valence electrons. The fraction of sp³-hybridized carbons (Fsp3) is 0.500. The Morgan fingerprint density at radius 1 is 1.16 bits per heavy atom. The summed E-state index contributed by atoms with van der Waals surface area (Å²) < 4.78 is 0. The average molecular weight is 262 g/mol.